The van der Waals surface area contributed by atoms with Crippen molar-refractivity contribution in [2.45, 2.75) is 33.2 Å². The Morgan fingerprint density at radius 3 is 2.75 bits per heavy atom. The van der Waals surface area contributed by atoms with Crippen molar-refractivity contribution in [3.8, 4) is 0 Å². The molecule has 2 aromatic heterocycles. The Balaban J connectivity index is 1.91. The molecule has 1 unspecified atom stereocenters. The van der Waals surface area contributed by atoms with Gasteiger partial charge in [-0.15, -0.1) is 22.7 Å². The average molecular weight is 252 g/mol. The monoisotopic (exact) mass is 252 g/mol. The number of thiophene rings is 1. The molecule has 4 heteroatoms. The van der Waals surface area contributed by atoms with Crippen LogP contribution in [0.25, 0.3) is 0 Å². The second-order valence-electron chi connectivity index (χ2n) is 4.06. The van der Waals surface area contributed by atoms with Gasteiger partial charge in [-0.05, 0) is 32.9 Å². The Bertz CT molecular complexity index is 417. The van der Waals surface area contributed by atoms with Crippen LogP contribution in [0, 0.1) is 13.8 Å². The lowest BCUT2D eigenvalue weighted by Crippen LogP contribution is -2.17. The van der Waals surface area contributed by atoms with E-state index in [0.717, 1.165) is 17.2 Å². The largest absolute Gasteiger partial charge is 0.359 e. The third kappa shape index (κ3) is 3.06. The summed E-state index contributed by atoms with van der Waals surface area (Å²) in [5.41, 5.74) is 1.09. The first-order chi connectivity index (χ1) is 7.63. The predicted octanol–water partition coefficient (Wildman–Crippen LogP) is 3.86. The number of nitrogens with one attached hydrogen (secondary N) is 1. The average Bonchev–Trinajstić information content (AvgIpc) is 2.76. The summed E-state index contributed by atoms with van der Waals surface area (Å²) >= 11 is 3.55. The highest BCUT2D eigenvalue weighted by Gasteiger charge is 2.07. The zero-order valence-corrected chi connectivity index (χ0v) is 11.4. The number of thiazole rings is 1. The molecule has 2 rings (SSSR count). The van der Waals surface area contributed by atoms with Crippen LogP contribution < -0.4 is 5.32 Å². The van der Waals surface area contributed by atoms with Crippen LogP contribution in [-0.2, 0) is 6.42 Å². The Morgan fingerprint density at radius 1 is 1.38 bits per heavy atom. The van der Waals surface area contributed by atoms with E-state index in [9.17, 15) is 0 Å². The Labute approximate surface area is 104 Å². The maximum Gasteiger partial charge on any atom is 0.183 e. The summed E-state index contributed by atoms with van der Waals surface area (Å²) in [6, 6.07) is 4.83. The molecular weight excluding hydrogens is 236 g/mol. The SMILES string of the molecule is Cc1csc(NC(C)Cc2ccc(C)s2)n1. The molecule has 86 valence electrons. The molecule has 0 saturated carbocycles. The minimum absolute atomic E-state index is 0.434. The van der Waals surface area contributed by atoms with Gasteiger partial charge in [-0.1, -0.05) is 0 Å². The number of hydrogen-bond acceptors (Lipinski definition) is 4. The molecule has 1 N–H and O–H groups in total. The van der Waals surface area contributed by atoms with Gasteiger partial charge in [0.1, 0.15) is 0 Å². The number of rotatable bonds is 4. The van der Waals surface area contributed by atoms with Gasteiger partial charge in [0.2, 0.25) is 0 Å². The second kappa shape index (κ2) is 4.97. The van der Waals surface area contributed by atoms with E-state index < -0.39 is 0 Å². The molecule has 0 aliphatic rings. The lowest BCUT2D eigenvalue weighted by molar-refractivity contribution is 0.798. The van der Waals surface area contributed by atoms with E-state index in [1.807, 2.05) is 18.3 Å². The van der Waals surface area contributed by atoms with E-state index in [4.69, 9.17) is 0 Å². The van der Waals surface area contributed by atoms with Crippen molar-refractivity contribution >= 4 is 27.8 Å². The topological polar surface area (TPSA) is 24.9 Å². The third-order valence-electron chi connectivity index (χ3n) is 2.29. The first-order valence-corrected chi connectivity index (χ1v) is 7.07. The van der Waals surface area contributed by atoms with Crippen molar-refractivity contribution < 1.29 is 0 Å². The minimum atomic E-state index is 0.434. The van der Waals surface area contributed by atoms with E-state index in [0.29, 0.717) is 6.04 Å². The number of hydrogen-bond donors (Lipinski definition) is 1. The van der Waals surface area contributed by atoms with Crippen LogP contribution in [0.2, 0.25) is 0 Å². The highest BCUT2D eigenvalue weighted by atomic mass is 32.1. The van der Waals surface area contributed by atoms with Gasteiger partial charge in [0.25, 0.3) is 0 Å². The molecular formula is C12H16N2S2. The molecule has 0 amide bonds. The molecule has 2 nitrogen and oxygen atoms in total. The summed E-state index contributed by atoms with van der Waals surface area (Å²) in [4.78, 5) is 7.23. The maximum absolute atomic E-state index is 4.41. The summed E-state index contributed by atoms with van der Waals surface area (Å²) < 4.78 is 0. The number of anilines is 1. The van der Waals surface area contributed by atoms with E-state index in [2.05, 4.69) is 41.7 Å². The fourth-order valence-electron chi connectivity index (χ4n) is 1.58. The van der Waals surface area contributed by atoms with Gasteiger partial charge >= 0.3 is 0 Å². The maximum atomic E-state index is 4.41. The molecule has 2 heterocycles. The molecule has 2 aromatic rings. The van der Waals surface area contributed by atoms with Gasteiger partial charge in [-0.2, -0.15) is 0 Å². The Morgan fingerprint density at radius 2 is 2.19 bits per heavy atom. The number of nitrogens with zero attached hydrogens (tertiary/aromatic N) is 1. The molecule has 0 aliphatic carbocycles. The van der Waals surface area contributed by atoms with Crippen molar-refractivity contribution in [3.05, 3.63) is 33.0 Å². The van der Waals surface area contributed by atoms with Gasteiger partial charge in [0.15, 0.2) is 5.13 Å². The summed E-state index contributed by atoms with van der Waals surface area (Å²) in [6.07, 6.45) is 1.07. The first-order valence-electron chi connectivity index (χ1n) is 5.37. The second-order valence-corrected chi connectivity index (χ2v) is 6.29. The van der Waals surface area contributed by atoms with Crippen LogP contribution in [0.5, 0.6) is 0 Å². The Kier molecular flexibility index (Phi) is 3.61. The molecule has 0 bridgehead atoms. The number of aromatic nitrogens is 1. The van der Waals surface area contributed by atoms with Crippen molar-refractivity contribution in [3.63, 3.8) is 0 Å². The summed E-state index contributed by atoms with van der Waals surface area (Å²) in [7, 11) is 0. The fraction of sp³-hybridized carbons (Fsp3) is 0.417. The van der Waals surface area contributed by atoms with E-state index >= 15 is 0 Å². The fourth-order valence-corrected chi connectivity index (χ4v) is 3.40. The lowest BCUT2D eigenvalue weighted by Gasteiger charge is -2.11. The smallest absolute Gasteiger partial charge is 0.183 e. The molecule has 1 atom stereocenters. The van der Waals surface area contributed by atoms with Gasteiger partial charge in [0.05, 0.1) is 5.69 Å². The van der Waals surface area contributed by atoms with Crippen LogP contribution in [0.3, 0.4) is 0 Å². The zero-order chi connectivity index (χ0) is 11.5. The van der Waals surface area contributed by atoms with Crippen LogP contribution in [0.15, 0.2) is 17.5 Å². The van der Waals surface area contributed by atoms with Crippen LogP contribution in [-0.4, -0.2) is 11.0 Å². The highest BCUT2D eigenvalue weighted by Crippen LogP contribution is 2.20. The van der Waals surface area contributed by atoms with Crippen molar-refractivity contribution in [2.75, 3.05) is 5.32 Å². The highest BCUT2D eigenvalue weighted by molar-refractivity contribution is 7.13. The quantitative estimate of drug-likeness (QED) is 0.893. The normalized spacial score (nSPS) is 12.7. The molecule has 0 aromatic carbocycles. The van der Waals surface area contributed by atoms with Gasteiger partial charge in [-0.3, -0.25) is 0 Å². The Hall–Kier alpha value is -0.870. The zero-order valence-electron chi connectivity index (χ0n) is 9.78. The summed E-state index contributed by atoms with van der Waals surface area (Å²) in [5.74, 6) is 0. The lowest BCUT2D eigenvalue weighted by atomic mass is 10.2. The van der Waals surface area contributed by atoms with Crippen molar-refractivity contribution in [2.24, 2.45) is 0 Å². The third-order valence-corrected chi connectivity index (χ3v) is 4.21. The van der Waals surface area contributed by atoms with Gasteiger partial charge in [-0.25, -0.2) is 4.98 Å². The predicted molar refractivity (Wildman–Crippen MR) is 72.7 cm³/mol. The van der Waals surface area contributed by atoms with Crippen molar-refractivity contribution in [1.82, 2.24) is 4.98 Å². The summed E-state index contributed by atoms with van der Waals surface area (Å²) in [6.45, 7) is 6.37. The van der Waals surface area contributed by atoms with Crippen LogP contribution >= 0.6 is 22.7 Å². The standard InChI is InChI=1S/C12H16N2S2/c1-8(6-11-5-4-10(3)16-11)13-12-14-9(2)7-15-12/h4-5,7-8H,6H2,1-3H3,(H,13,14). The molecule has 0 saturated heterocycles. The number of aryl methyl sites for hydroxylation is 2. The molecule has 0 fully saturated rings. The molecule has 0 spiro atoms. The molecule has 0 aliphatic heterocycles. The minimum Gasteiger partial charge on any atom is -0.359 e. The van der Waals surface area contributed by atoms with Gasteiger partial charge in [0, 0.05) is 27.6 Å². The van der Waals surface area contributed by atoms with Crippen LogP contribution in [0.1, 0.15) is 22.4 Å². The molecule has 0 radical (unpaired) electrons. The van der Waals surface area contributed by atoms with E-state index in [1.165, 1.54) is 9.75 Å². The molecule has 16 heavy (non-hydrogen) atoms. The summed E-state index contributed by atoms with van der Waals surface area (Å²) in [5, 5.41) is 6.53. The van der Waals surface area contributed by atoms with Crippen molar-refractivity contribution in [1.29, 1.82) is 0 Å². The first kappa shape index (κ1) is 11.6. The van der Waals surface area contributed by atoms with E-state index in [-0.39, 0.29) is 0 Å². The van der Waals surface area contributed by atoms with Gasteiger partial charge < -0.3 is 5.32 Å². The van der Waals surface area contributed by atoms with E-state index in [1.54, 1.807) is 11.3 Å². The van der Waals surface area contributed by atoms with Crippen LogP contribution in [0.4, 0.5) is 5.13 Å².